The lowest BCUT2D eigenvalue weighted by Gasteiger charge is -2.40. The summed E-state index contributed by atoms with van der Waals surface area (Å²) in [5, 5.41) is 4.65. The number of likely N-dealkylation sites (tertiary alicyclic amines) is 1. The molecule has 2 atom stereocenters. The Morgan fingerprint density at radius 2 is 2.00 bits per heavy atom. The fourth-order valence-electron chi connectivity index (χ4n) is 4.42. The van der Waals surface area contributed by atoms with Crippen LogP contribution in [0.4, 0.5) is 0 Å². The molecule has 1 aliphatic heterocycles. The van der Waals surface area contributed by atoms with Crippen molar-refractivity contribution in [3.8, 4) is 0 Å². The third kappa shape index (κ3) is 4.76. The van der Waals surface area contributed by atoms with Crippen LogP contribution in [-0.4, -0.2) is 39.7 Å². The zero-order valence-corrected chi connectivity index (χ0v) is 16.2. The lowest BCUT2D eigenvalue weighted by atomic mass is 9.87. The fourth-order valence-corrected chi connectivity index (χ4v) is 4.42. The second-order valence-electron chi connectivity index (χ2n) is 7.59. The summed E-state index contributed by atoms with van der Waals surface area (Å²) in [6.45, 7) is 3.82. The van der Waals surface area contributed by atoms with Gasteiger partial charge >= 0.3 is 0 Å². The van der Waals surface area contributed by atoms with E-state index in [1.807, 2.05) is 16.9 Å². The van der Waals surface area contributed by atoms with E-state index in [1.54, 1.807) is 0 Å². The molecular weight excluding hydrogens is 336 g/mol. The number of rotatable bonds is 5. The van der Waals surface area contributed by atoms with Crippen LogP contribution >= 0.6 is 12.4 Å². The maximum Gasteiger partial charge on any atom is 0.274 e. The van der Waals surface area contributed by atoms with Crippen molar-refractivity contribution >= 4 is 18.3 Å². The molecule has 0 bridgehead atoms. The molecule has 2 N–H and O–H groups in total. The normalized spacial score (nSPS) is 24.8. The zero-order chi connectivity index (χ0) is 16.9. The second kappa shape index (κ2) is 9.58. The molecule has 1 amide bonds. The highest BCUT2D eigenvalue weighted by Gasteiger charge is 2.33. The number of carbonyl (C=O) groups excluding carboxylic acids is 1. The van der Waals surface area contributed by atoms with E-state index in [9.17, 15) is 4.79 Å². The van der Waals surface area contributed by atoms with E-state index in [0.717, 1.165) is 25.8 Å². The highest BCUT2D eigenvalue weighted by Crippen LogP contribution is 2.29. The smallest absolute Gasteiger partial charge is 0.274 e. The van der Waals surface area contributed by atoms with Crippen molar-refractivity contribution in [3.05, 3.63) is 18.0 Å². The van der Waals surface area contributed by atoms with Gasteiger partial charge in [0.25, 0.3) is 5.91 Å². The Morgan fingerprint density at radius 1 is 1.24 bits per heavy atom. The van der Waals surface area contributed by atoms with E-state index in [2.05, 4.69) is 16.9 Å². The number of hydrogen-bond donors (Lipinski definition) is 1. The first-order valence-corrected chi connectivity index (χ1v) is 9.77. The van der Waals surface area contributed by atoms with Crippen LogP contribution in [0.25, 0.3) is 0 Å². The molecule has 0 aromatic carbocycles. The topological polar surface area (TPSA) is 64.2 Å². The Balaban J connectivity index is 0.00000225. The van der Waals surface area contributed by atoms with E-state index in [4.69, 9.17) is 5.73 Å². The number of nitrogens with two attached hydrogens (primary N) is 1. The van der Waals surface area contributed by atoms with Gasteiger partial charge in [-0.3, -0.25) is 9.48 Å². The SMILES string of the molecule is C[C@@H]1CCCN(C(=O)c2ccn(C3CCCCC3)n2)[C@@H]1CCCN.Cl. The summed E-state index contributed by atoms with van der Waals surface area (Å²) in [4.78, 5) is 15.1. The van der Waals surface area contributed by atoms with E-state index < -0.39 is 0 Å². The first-order valence-electron chi connectivity index (χ1n) is 9.77. The molecule has 2 heterocycles. The molecule has 3 rings (SSSR count). The van der Waals surface area contributed by atoms with E-state index in [1.165, 1.54) is 38.5 Å². The minimum atomic E-state index is 0. The van der Waals surface area contributed by atoms with Gasteiger partial charge < -0.3 is 10.6 Å². The fraction of sp³-hybridized carbons (Fsp3) is 0.789. The molecule has 142 valence electrons. The molecule has 1 saturated carbocycles. The van der Waals surface area contributed by atoms with Crippen LogP contribution in [0.3, 0.4) is 0 Å². The number of hydrogen-bond acceptors (Lipinski definition) is 3. The van der Waals surface area contributed by atoms with Gasteiger partial charge in [-0.1, -0.05) is 26.2 Å². The Morgan fingerprint density at radius 3 is 2.72 bits per heavy atom. The van der Waals surface area contributed by atoms with Gasteiger partial charge in [-0.25, -0.2) is 0 Å². The van der Waals surface area contributed by atoms with Crippen molar-refractivity contribution in [2.24, 2.45) is 11.7 Å². The Labute approximate surface area is 157 Å². The molecule has 0 radical (unpaired) electrons. The Hall–Kier alpha value is -1.07. The van der Waals surface area contributed by atoms with Crippen molar-refractivity contribution in [2.45, 2.75) is 76.8 Å². The maximum atomic E-state index is 13.0. The van der Waals surface area contributed by atoms with Crippen molar-refractivity contribution in [2.75, 3.05) is 13.1 Å². The number of carbonyl (C=O) groups is 1. The van der Waals surface area contributed by atoms with Gasteiger partial charge in [-0.05, 0) is 57.1 Å². The second-order valence-corrected chi connectivity index (χ2v) is 7.59. The summed E-state index contributed by atoms with van der Waals surface area (Å²) in [5.41, 5.74) is 6.31. The molecule has 2 aliphatic rings. The van der Waals surface area contributed by atoms with Gasteiger partial charge in [0, 0.05) is 18.8 Å². The molecular formula is C19H33ClN4O. The summed E-state index contributed by atoms with van der Waals surface area (Å²) >= 11 is 0. The van der Waals surface area contributed by atoms with Crippen LogP contribution in [0.15, 0.2) is 12.3 Å². The monoisotopic (exact) mass is 368 g/mol. The molecule has 1 aliphatic carbocycles. The molecule has 2 fully saturated rings. The number of halogens is 1. The van der Waals surface area contributed by atoms with Gasteiger partial charge in [0.05, 0.1) is 6.04 Å². The molecule has 25 heavy (non-hydrogen) atoms. The van der Waals surface area contributed by atoms with Gasteiger partial charge in [0.15, 0.2) is 0 Å². The predicted octanol–water partition coefficient (Wildman–Crippen LogP) is 3.79. The lowest BCUT2D eigenvalue weighted by molar-refractivity contribution is 0.0489. The Bertz CT molecular complexity index is 541. The number of aromatic nitrogens is 2. The zero-order valence-electron chi connectivity index (χ0n) is 15.4. The Kier molecular flexibility index (Phi) is 7.76. The highest BCUT2D eigenvalue weighted by atomic mass is 35.5. The molecule has 5 nitrogen and oxygen atoms in total. The molecule has 1 aromatic heterocycles. The quantitative estimate of drug-likeness (QED) is 0.859. The molecule has 6 heteroatoms. The third-order valence-corrected chi connectivity index (χ3v) is 5.86. The lowest BCUT2D eigenvalue weighted by Crippen LogP contribution is -2.48. The average molecular weight is 369 g/mol. The standard InChI is InChI=1S/C19H32N4O.ClH/c1-15-7-6-13-22(18(15)10-5-12-20)19(24)17-11-14-23(21-17)16-8-3-2-4-9-16;/h11,14-16,18H,2-10,12-13,20H2,1H3;1H/t15-,18-;/m1./s1. The molecule has 1 aromatic rings. The maximum absolute atomic E-state index is 13.0. The van der Waals surface area contributed by atoms with Crippen LogP contribution < -0.4 is 5.73 Å². The van der Waals surface area contributed by atoms with Crippen LogP contribution in [0.5, 0.6) is 0 Å². The van der Waals surface area contributed by atoms with Gasteiger partial charge in [0.1, 0.15) is 5.69 Å². The average Bonchev–Trinajstić information content (AvgIpc) is 3.11. The number of amides is 1. The summed E-state index contributed by atoms with van der Waals surface area (Å²) in [6.07, 6.45) is 12.6. The van der Waals surface area contributed by atoms with E-state index in [0.29, 0.717) is 30.2 Å². The van der Waals surface area contributed by atoms with Gasteiger partial charge in [-0.2, -0.15) is 5.10 Å². The van der Waals surface area contributed by atoms with Gasteiger partial charge in [0.2, 0.25) is 0 Å². The van der Waals surface area contributed by atoms with Crippen molar-refractivity contribution < 1.29 is 4.79 Å². The minimum absolute atomic E-state index is 0. The van der Waals surface area contributed by atoms with E-state index >= 15 is 0 Å². The van der Waals surface area contributed by atoms with Crippen molar-refractivity contribution in [1.82, 2.24) is 14.7 Å². The summed E-state index contributed by atoms with van der Waals surface area (Å²) in [6, 6.07) is 2.71. The third-order valence-electron chi connectivity index (χ3n) is 5.86. The van der Waals surface area contributed by atoms with Gasteiger partial charge in [-0.15, -0.1) is 12.4 Å². The van der Waals surface area contributed by atoms with E-state index in [-0.39, 0.29) is 18.3 Å². The van der Waals surface area contributed by atoms with Crippen molar-refractivity contribution in [1.29, 1.82) is 0 Å². The minimum Gasteiger partial charge on any atom is -0.334 e. The molecule has 0 spiro atoms. The summed E-state index contributed by atoms with van der Waals surface area (Å²) in [7, 11) is 0. The predicted molar refractivity (Wildman–Crippen MR) is 103 cm³/mol. The highest BCUT2D eigenvalue weighted by molar-refractivity contribution is 5.92. The first-order chi connectivity index (χ1) is 11.7. The van der Waals surface area contributed by atoms with Crippen LogP contribution in [0.2, 0.25) is 0 Å². The van der Waals surface area contributed by atoms with Crippen molar-refractivity contribution in [3.63, 3.8) is 0 Å². The van der Waals surface area contributed by atoms with Crippen LogP contribution in [-0.2, 0) is 0 Å². The molecule has 0 unspecified atom stereocenters. The first kappa shape index (κ1) is 20.2. The number of piperidine rings is 1. The summed E-state index contributed by atoms with van der Waals surface area (Å²) in [5.74, 6) is 0.660. The van der Waals surface area contributed by atoms with Crippen LogP contribution in [0, 0.1) is 5.92 Å². The molecule has 1 saturated heterocycles. The van der Waals surface area contributed by atoms with Crippen LogP contribution in [0.1, 0.15) is 81.2 Å². The summed E-state index contributed by atoms with van der Waals surface area (Å²) < 4.78 is 2.04. The number of nitrogens with zero attached hydrogens (tertiary/aromatic N) is 3. The largest absolute Gasteiger partial charge is 0.334 e.